The third-order valence-corrected chi connectivity index (χ3v) is 7.48. The summed E-state index contributed by atoms with van der Waals surface area (Å²) in [6.07, 6.45) is 4.42. The number of halogens is 1. The molecule has 2 bridgehead atoms. The second-order valence-electron chi connectivity index (χ2n) is 8.16. The van der Waals surface area contributed by atoms with Crippen LogP contribution >= 0.6 is 11.8 Å². The lowest BCUT2D eigenvalue weighted by Gasteiger charge is -2.64. The van der Waals surface area contributed by atoms with Crippen molar-refractivity contribution in [1.82, 2.24) is 4.42 Å². The molecule has 5 aliphatic rings. The summed E-state index contributed by atoms with van der Waals surface area (Å²) in [7, 11) is -0.246. The average molecular weight is 314 g/mol. The zero-order valence-corrected chi connectivity index (χ0v) is 13.8. The molecule has 0 aromatic rings. The average Bonchev–Trinajstić information content (AvgIpc) is 2.96. The van der Waals surface area contributed by atoms with E-state index in [2.05, 4.69) is 20.8 Å². The zero-order valence-electron chi connectivity index (χ0n) is 13.1. The Labute approximate surface area is 132 Å². The Morgan fingerprint density at radius 2 is 2.05 bits per heavy atom. The van der Waals surface area contributed by atoms with Gasteiger partial charge in [-0.25, -0.2) is 4.42 Å². The summed E-state index contributed by atoms with van der Waals surface area (Å²) in [6.45, 7) is 7.08. The van der Waals surface area contributed by atoms with E-state index in [0.717, 1.165) is 25.2 Å². The summed E-state index contributed by atoms with van der Waals surface area (Å²) in [4.78, 5) is 0. The van der Waals surface area contributed by atoms with Gasteiger partial charge in [-0.3, -0.25) is 0 Å². The van der Waals surface area contributed by atoms with Crippen LogP contribution in [0.15, 0.2) is 0 Å². The molecule has 0 aromatic carbocycles. The molecule has 2 heterocycles. The van der Waals surface area contributed by atoms with Crippen LogP contribution in [0.1, 0.15) is 46.5 Å². The quantitative estimate of drug-likeness (QED) is 0.627. The summed E-state index contributed by atoms with van der Waals surface area (Å²) in [6, 6.07) is 0.0319. The number of hydrogen-bond acceptors (Lipinski definition) is 4. The van der Waals surface area contributed by atoms with E-state index in [0.29, 0.717) is 11.3 Å². The molecule has 6 atom stereocenters. The van der Waals surface area contributed by atoms with E-state index in [1.165, 1.54) is 6.42 Å². The fraction of sp³-hybridized carbons (Fsp3) is 1.00. The molecule has 2 saturated heterocycles. The van der Waals surface area contributed by atoms with Crippen LogP contribution in [0, 0.1) is 17.3 Å². The number of aliphatic hydroxyl groups excluding tert-OH is 1. The van der Waals surface area contributed by atoms with Crippen LogP contribution in [0.25, 0.3) is 0 Å². The van der Waals surface area contributed by atoms with Gasteiger partial charge in [0, 0.05) is 6.04 Å². The van der Waals surface area contributed by atoms with Crippen molar-refractivity contribution in [2.45, 2.75) is 70.1 Å². The largest absolute Gasteiger partial charge is 0.477 e. The number of aliphatic hydroxyl groups is 1. The maximum atomic E-state index is 9.36. The van der Waals surface area contributed by atoms with Crippen molar-refractivity contribution < 1.29 is 14.4 Å². The molecular formula is C15H25BClNO3. The monoisotopic (exact) mass is 313 g/mol. The van der Waals surface area contributed by atoms with Gasteiger partial charge in [0.15, 0.2) is 0 Å². The van der Waals surface area contributed by atoms with Crippen LogP contribution in [0.4, 0.5) is 0 Å². The van der Waals surface area contributed by atoms with Crippen molar-refractivity contribution in [1.29, 1.82) is 0 Å². The molecular weight excluding hydrogens is 288 g/mol. The number of rotatable bonds is 2. The molecule has 5 fully saturated rings. The first-order chi connectivity index (χ1) is 9.88. The van der Waals surface area contributed by atoms with E-state index >= 15 is 0 Å². The lowest BCUT2D eigenvalue weighted by molar-refractivity contribution is -0.199. The topological polar surface area (TPSA) is 41.9 Å². The molecule has 1 N–H and O–H groups in total. The second-order valence-corrected chi connectivity index (χ2v) is 8.55. The van der Waals surface area contributed by atoms with Crippen molar-refractivity contribution >= 4 is 18.9 Å². The van der Waals surface area contributed by atoms with Gasteiger partial charge in [-0.15, -0.1) is 0 Å². The molecule has 118 valence electrons. The number of nitrogens with zero attached hydrogens (tertiary/aromatic N) is 1. The van der Waals surface area contributed by atoms with Gasteiger partial charge in [0.25, 0.3) is 0 Å². The third-order valence-electron chi connectivity index (χ3n) is 6.96. The van der Waals surface area contributed by atoms with E-state index in [9.17, 15) is 5.11 Å². The Balaban J connectivity index is 1.53. The summed E-state index contributed by atoms with van der Waals surface area (Å²) in [5.74, 6) is 1.41. The molecule has 2 aliphatic heterocycles. The smallest absolute Gasteiger partial charge is 0.404 e. The van der Waals surface area contributed by atoms with E-state index in [-0.39, 0.29) is 37.4 Å². The third kappa shape index (κ3) is 1.85. The number of hydrogen-bond donors (Lipinski definition) is 1. The van der Waals surface area contributed by atoms with Crippen LogP contribution in [0.3, 0.4) is 0 Å². The Morgan fingerprint density at radius 1 is 1.29 bits per heavy atom. The Bertz CT molecular complexity index is 451. The highest BCUT2D eigenvalue weighted by Gasteiger charge is 2.69. The van der Waals surface area contributed by atoms with Crippen molar-refractivity contribution in [3.63, 3.8) is 0 Å². The standard InChI is InChI=1S/C15H25BClNO3/c1-14(2)9-6-11(14)15(3)12(7-9)20-16(21-15)13-5-4-10(8-19)18(13)17/h9-13,19H,4-8H2,1-3H3/t9?,10?,11?,12-,13?,15+/m1/s1. The summed E-state index contributed by atoms with van der Waals surface area (Å²) in [5, 5.41) is 9.36. The van der Waals surface area contributed by atoms with Crippen LogP contribution in [-0.2, 0) is 9.31 Å². The molecule has 21 heavy (non-hydrogen) atoms. The highest BCUT2D eigenvalue weighted by molar-refractivity contribution is 6.48. The SMILES string of the molecule is CC1(C)C2CC1[C@]1(C)OB(C3CCC(CO)N3Cl)O[C@@H]1C2. The minimum atomic E-state index is -0.246. The molecule has 4 nitrogen and oxygen atoms in total. The molecule has 4 unspecified atom stereocenters. The molecule has 6 heteroatoms. The van der Waals surface area contributed by atoms with E-state index in [4.69, 9.17) is 21.1 Å². The highest BCUT2D eigenvalue weighted by Crippen LogP contribution is 2.66. The minimum absolute atomic E-state index is 0.0319. The van der Waals surface area contributed by atoms with Gasteiger partial charge in [0.2, 0.25) is 0 Å². The van der Waals surface area contributed by atoms with Gasteiger partial charge >= 0.3 is 7.12 Å². The normalized spacial score (nSPS) is 51.9. The Morgan fingerprint density at radius 3 is 2.67 bits per heavy atom. The van der Waals surface area contributed by atoms with Crippen molar-refractivity contribution in [2.24, 2.45) is 17.3 Å². The Kier molecular flexibility index (Phi) is 3.24. The molecule has 0 spiro atoms. The van der Waals surface area contributed by atoms with E-state index < -0.39 is 0 Å². The van der Waals surface area contributed by atoms with Crippen molar-refractivity contribution in [3.05, 3.63) is 0 Å². The van der Waals surface area contributed by atoms with Gasteiger partial charge < -0.3 is 14.4 Å². The van der Waals surface area contributed by atoms with Crippen LogP contribution in [0.5, 0.6) is 0 Å². The molecule has 3 saturated carbocycles. The first-order valence-electron chi connectivity index (χ1n) is 8.26. The van der Waals surface area contributed by atoms with Crippen molar-refractivity contribution in [3.8, 4) is 0 Å². The maximum absolute atomic E-state index is 9.36. The van der Waals surface area contributed by atoms with Gasteiger partial charge in [-0.05, 0) is 61.6 Å². The molecule has 5 rings (SSSR count). The van der Waals surface area contributed by atoms with Crippen LogP contribution in [-0.4, -0.2) is 46.9 Å². The predicted octanol–water partition coefficient (Wildman–Crippen LogP) is 2.23. The van der Waals surface area contributed by atoms with Crippen molar-refractivity contribution in [2.75, 3.05) is 6.61 Å². The van der Waals surface area contributed by atoms with Crippen LogP contribution in [0.2, 0.25) is 0 Å². The molecule has 0 aromatic heterocycles. The summed E-state index contributed by atoms with van der Waals surface area (Å²) < 4.78 is 14.5. The predicted molar refractivity (Wildman–Crippen MR) is 81.7 cm³/mol. The lowest BCUT2D eigenvalue weighted by atomic mass is 9.43. The molecule has 0 amide bonds. The minimum Gasteiger partial charge on any atom is -0.404 e. The Hall–Kier alpha value is 0.195. The van der Waals surface area contributed by atoms with E-state index in [1.54, 1.807) is 4.42 Å². The fourth-order valence-electron chi connectivity index (χ4n) is 5.37. The fourth-order valence-corrected chi connectivity index (χ4v) is 5.71. The zero-order chi connectivity index (χ0) is 15.0. The van der Waals surface area contributed by atoms with Crippen LogP contribution < -0.4 is 0 Å². The second kappa shape index (κ2) is 4.61. The molecule has 3 aliphatic carbocycles. The van der Waals surface area contributed by atoms with Gasteiger partial charge in [0.05, 0.1) is 24.3 Å². The summed E-state index contributed by atoms with van der Waals surface area (Å²) in [5.41, 5.74) is 0.200. The van der Waals surface area contributed by atoms with Gasteiger partial charge in [0.1, 0.15) is 0 Å². The van der Waals surface area contributed by atoms with E-state index in [1.807, 2.05) is 0 Å². The molecule has 0 radical (unpaired) electrons. The maximum Gasteiger partial charge on any atom is 0.477 e. The summed E-state index contributed by atoms with van der Waals surface area (Å²) >= 11 is 6.38. The lowest BCUT2D eigenvalue weighted by Crippen LogP contribution is -2.65. The highest BCUT2D eigenvalue weighted by atomic mass is 35.5. The first kappa shape index (κ1) is 14.8. The van der Waals surface area contributed by atoms with Gasteiger partial charge in [-0.2, -0.15) is 0 Å². The van der Waals surface area contributed by atoms with Gasteiger partial charge in [-0.1, -0.05) is 13.8 Å². The first-order valence-corrected chi connectivity index (χ1v) is 8.60.